The highest BCUT2D eigenvalue weighted by Gasteiger charge is 2.23. The molecule has 0 saturated carbocycles. The lowest BCUT2D eigenvalue weighted by molar-refractivity contribution is 0.0683. The Hall–Kier alpha value is -1.38. The highest BCUT2D eigenvalue weighted by molar-refractivity contribution is 7.89. The van der Waals surface area contributed by atoms with Crippen LogP contribution in [0.15, 0.2) is 17.2 Å². The SMILES string of the molecule is CC(CCCO)NS(=O)(=O)c1cc(C(=O)O)n(C(C)C)c1. The van der Waals surface area contributed by atoms with Gasteiger partial charge in [-0.05, 0) is 39.7 Å². The van der Waals surface area contributed by atoms with Crippen LogP contribution in [0.2, 0.25) is 0 Å². The van der Waals surface area contributed by atoms with E-state index in [0.717, 1.165) is 6.07 Å². The van der Waals surface area contributed by atoms with E-state index in [1.807, 2.05) is 0 Å². The van der Waals surface area contributed by atoms with E-state index in [1.165, 1.54) is 10.8 Å². The average molecular weight is 318 g/mol. The number of aromatic nitrogens is 1. The normalized spacial score (nSPS) is 13.6. The highest BCUT2D eigenvalue weighted by Crippen LogP contribution is 2.19. The van der Waals surface area contributed by atoms with Gasteiger partial charge in [-0.15, -0.1) is 0 Å². The van der Waals surface area contributed by atoms with Crippen molar-refractivity contribution in [2.45, 2.75) is 50.6 Å². The quantitative estimate of drug-likeness (QED) is 0.667. The summed E-state index contributed by atoms with van der Waals surface area (Å²) in [4.78, 5) is 11.1. The molecule has 120 valence electrons. The molecular formula is C13H22N2O5S. The predicted molar refractivity (Wildman–Crippen MR) is 77.9 cm³/mol. The van der Waals surface area contributed by atoms with Crippen LogP contribution in [0.3, 0.4) is 0 Å². The van der Waals surface area contributed by atoms with Crippen LogP contribution in [-0.4, -0.2) is 41.8 Å². The molecule has 7 nitrogen and oxygen atoms in total. The molecule has 1 unspecified atom stereocenters. The Morgan fingerprint density at radius 1 is 1.38 bits per heavy atom. The van der Waals surface area contributed by atoms with Gasteiger partial charge in [0.1, 0.15) is 10.6 Å². The monoisotopic (exact) mass is 318 g/mol. The first-order chi connectivity index (χ1) is 9.69. The van der Waals surface area contributed by atoms with Crippen molar-refractivity contribution in [3.05, 3.63) is 18.0 Å². The number of nitrogens with one attached hydrogen (secondary N) is 1. The Kier molecular flexibility index (Phi) is 5.94. The number of sulfonamides is 1. The van der Waals surface area contributed by atoms with Crippen LogP contribution in [0.5, 0.6) is 0 Å². The number of carboxylic acids is 1. The fourth-order valence-electron chi connectivity index (χ4n) is 1.99. The standard InChI is InChI=1S/C13H22N2O5S/c1-9(2)15-8-11(7-12(15)13(17)18)21(19,20)14-10(3)5-4-6-16/h7-10,14,16H,4-6H2,1-3H3,(H,17,18). The second-order valence-corrected chi connectivity index (χ2v) is 6.97. The van der Waals surface area contributed by atoms with Gasteiger partial charge in [-0.2, -0.15) is 0 Å². The maximum Gasteiger partial charge on any atom is 0.352 e. The van der Waals surface area contributed by atoms with Crippen molar-refractivity contribution in [3.63, 3.8) is 0 Å². The predicted octanol–water partition coefficient (Wildman–Crippen LogP) is 1.21. The first kappa shape index (κ1) is 17.7. The molecule has 3 N–H and O–H groups in total. The van der Waals surface area contributed by atoms with Gasteiger partial charge in [0.15, 0.2) is 0 Å². The van der Waals surface area contributed by atoms with Crippen LogP contribution in [-0.2, 0) is 10.0 Å². The van der Waals surface area contributed by atoms with Gasteiger partial charge in [0, 0.05) is 24.9 Å². The third-order valence-electron chi connectivity index (χ3n) is 3.06. The molecular weight excluding hydrogens is 296 g/mol. The van der Waals surface area contributed by atoms with Crippen LogP contribution in [0, 0.1) is 0 Å². The van der Waals surface area contributed by atoms with Crippen molar-refractivity contribution in [1.29, 1.82) is 0 Å². The van der Waals surface area contributed by atoms with Crippen molar-refractivity contribution >= 4 is 16.0 Å². The molecule has 8 heteroatoms. The van der Waals surface area contributed by atoms with Crippen LogP contribution in [0.1, 0.15) is 50.1 Å². The molecule has 0 aliphatic carbocycles. The summed E-state index contributed by atoms with van der Waals surface area (Å²) in [5, 5.41) is 17.9. The number of carbonyl (C=O) groups is 1. The minimum absolute atomic E-state index is 0.00104. The van der Waals surface area contributed by atoms with Gasteiger partial charge in [-0.25, -0.2) is 17.9 Å². The van der Waals surface area contributed by atoms with Crippen LogP contribution in [0.4, 0.5) is 0 Å². The van der Waals surface area contributed by atoms with E-state index in [2.05, 4.69) is 4.72 Å². The van der Waals surface area contributed by atoms with Crippen molar-refractivity contribution in [3.8, 4) is 0 Å². The smallest absolute Gasteiger partial charge is 0.352 e. The molecule has 0 fully saturated rings. The van der Waals surface area contributed by atoms with Gasteiger partial charge in [-0.1, -0.05) is 0 Å². The van der Waals surface area contributed by atoms with Crippen molar-refractivity contribution < 1.29 is 23.4 Å². The lowest BCUT2D eigenvalue weighted by Crippen LogP contribution is -2.32. The zero-order valence-electron chi connectivity index (χ0n) is 12.4. The van der Waals surface area contributed by atoms with Gasteiger partial charge >= 0.3 is 5.97 Å². The Balaban J connectivity index is 3.03. The number of aromatic carboxylic acids is 1. The third-order valence-corrected chi connectivity index (χ3v) is 4.62. The van der Waals surface area contributed by atoms with Crippen molar-refractivity contribution in [2.24, 2.45) is 0 Å². The summed E-state index contributed by atoms with van der Waals surface area (Å²) >= 11 is 0. The third kappa shape index (κ3) is 4.55. The number of hydrogen-bond donors (Lipinski definition) is 3. The zero-order chi connectivity index (χ0) is 16.2. The van der Waals surface area contributed by atoms with Crippen LogP contribution >= 0.6 is 0 Å². The summed E-state index contributed by atoms with van der Waals surface area (Å²) < 4.78 is 28.4. The number of aliphatic hydroxyl groups is 1. The van der Waals surface area contributed by atoms with E-state index in [4.69, 9.17) is 10.2 Å². The summed E-state index contributed by atoms with van der Waals surface area (Å²) in [5.41, 5.74) is -0.0617. The molecule has 0 aliphatic heterocycles. The number of carboxylic acid groups (broad SMARTS) is 1. The average Bonchev–Trinajstić information content (AvgIpc) is 2.81. The number of rotatable bonds is 8. The minimum Gasteiger partial charge on any atom is -0.477 e. The Morgan fingerprint density at radius 2 is 2.00 bits per heavy atom. The summed E-state index contributed by atoms with van der Waals surface area (Å²) in [6.45, 7) is 5.25. The fraction of sp³-hybridized carbons (Fsp3) is 0.615. The van der Waals surface area contributed by atoms with E-state index in [-0.39, 0.29) is 29.3 Å². The van der Waals surface area contributed by atoms with Crippen LogP contribution in [0.25, 0.3) is 0 Å². The molecule has 0 bridgehead atoms. The summed E-state index contributed by atoms with van der Waals surface area (Å²) in [7, 11) is -3.77. The second kappa shape index (κ2) is 7.06. The maximum atomic E-state index is 12.2. The second-order valence-electron chi connectivity index (χ2n) is 5.26. The molecule has 1 rings (SSSR count). The highest BCUT2D eigenvalue weighted by atomic mass is 32.2. The zero-order valence-corrected chi connectivity index (χ0v) is 13.2. The van der Waals surface area contributed by atoms with Gasteiger partial charge in [0.2, 0.25) is 10.0 Å². The van der Waals surface area contributed by atoms with Gasteiger partial charge in [-0.3, -0.25) is 0 Å². The first-order valence-electron chi connectivity index (χ1n) is 6.77. The van der Waals surface area contributed by atoms with E-state index < -0.39 is 16.0 Å². The van der Waals surface area contributed by atoms with Gasteiger partial charge in [0.25, 0.3) is 0 Å². The maximum absolute atomic E-state index is 12.2. The minimum atomic E-state index is -3.77. The van der Waals surface area contributed by atoms with Crippen molar-refractivity contribution in [1.82, 2.24) is 9.29 Å². The number of aliphatic hydroxyl groups excluding tert-OH is 1. The van der Waals surface area contributed by atoms with Crippen molar-refractivity contribution in [2.75, 3.05) is 6.61 Å². The fourth-order valence-corrected chi connectivity index (χ4v) is 3.29. The Bertz CT molecular complexity index is 592. The summed E-state index contributed by atoms with van der Waals surface area (Å²) in [6.07, 6.45) is 2.33. The molecule has 0 aromatic carbocycles. The molecule has 1 aromatic rings. The lowest BCUT2D eigenvalue weighted by atomic mass is 10.2. The first-order valence-corrected chi connectivity index (χ1v) is 8.25. The van der Waals surface area contributed by atoms with E-state index >= 15 is 0 Å². The Labute approximate surface area is 124 Å². The molecule has 0 spiro atoms. The number of nitrogens with zero attached hydrogens (tertiary/aromatic N) is 1. The molecule has 0 radical (unpaired) electrons. The molecule has 1 heterocycles. The largest absolute Gasteiger partial charge is 0.477 e. The van der Waals surface area contributed by atoms with Crippen LogP contribution < -0.4 is 4.72 Å². The van der Waals surface area contributed by atoms with Gasteiger partial charge in [0.05, 0.1) is 0 Å². The molecule has 0 amide bonds. The Morgan fingerprint density at radius 3 is 2.43 bits per heavy atom. The molecule has 1 atom stereocenters. The molecule has 21 heavy (non-hydrogen) atoms. The summed E-state index contributed by atoms with van der Waals surface area (Å²) in [5.74, 6) is -1.17. The van der Waals surface area contributed by atoms with E-state index in [1.54, 1.807) is 20.8 Å². The van der Waals surface area contributed by atoms with Gasteiger partial charge < -0.3 is 14.8 Å². The topological polar surface area (TPSA) is 109 Å². The molecule has 0 saturated heterocycles. The van der Waals surface area contributed by atoms with E-state index in [0.29, 0.717) is 12.8 Å². The van der Waals surface area contributed by atoms with E-state index in [9.17, 15) is 13.2 Å². The lowest BCUT2D eigenvalue weighted by Gasteiger charge is -2.12. The molecule has 1 aromatic heterocycles. The summed E-state index contributed by atoms with van der Waals surface area (Å²) in [6, 6.07) is 0.661. The number of hydrogen-bond acceptors (Lipinski definition) is 4. The molecule has 0 aliphatic rings.